The summed E-state index contributed by atoms with van der Waals surface area (Å²) in [7, 11) is 4.33. The Kier molecular flexibility index (Phi) is 4.71. The molecular weight excluding hydrogens is 122 g/mol. The van der Waals surface area contributed by atoms with Crippen LogP contribution in [0.4, 0.5) is 0 Å². The van der Waals surface area contributed by atoms with Crippen LogP contribution in [0.1, 0.15) is 33.6 Å². The molecule has 0 heterocycles. The van der Waals surface area contributed by atoms with Gasteiger partial charge in [-0.3, -0.25) is 0 Å². The molecule has 1 heteroatoms. The first-order valence-corrected chi connectivity index (χ1v) is 4.29. The highest BCUT2D eigenvalue weighted by Gasteiger charge is 2.14. The molecule has 62 valence electrons. The summed E-state index contributed by atoms with van der Waals surface area (Å²) >= 11 is 0. The van der Waals surface area contributed by atoms with Crippen LogP contribution in [0.25, 0.3) is 0 Å². The van der Waals surface area contributed by atoms with E-state index in [1.807, 2.05) is 0 Å². The van der Waals surface area contributed by atoms with Crippen molar-refractivity contribution < 1.29 is 0 Å². The zero-order valence-corrected chi connectivity index (χ0v) is 8.02. The van der Waals surface area contributed by atoms with E-state index >= 15 is 0 Å². The summed E-state index contributed by atoms with van der Waals surface area (Å²) in [5.41, 5.74) is 0. The second-order valence-electron chi connectivity index (χ2n) is 3.32. The molecule has 0 aromatic heterocycles. The van der Waals surface area contributed by atoms with Gasteiger partial charge in [0.25, 0.3) is 0 Å². The molecule has 2 atom stereocenters. The van der Waals surface area contributed by atoms with Gasteiger partial charge in [-0.1, -0.05) is 27.2 Å². The maximum absolute atomic E-state index is 2.33. The number of hydrogen-bond acceptors (Lipinski definition) is 1. The van der Waals surface area contributed by atoms with Crippen LogP contribution >= 0.6 is 0 Å². The van der Waals surface area contributed by atoms with Crippen LogP contribution in [0.5, 0.6) is 0 Å². The van der Waals surface area contributed by atoms with Crippen LogP contribution in [-0.2, 0) is 0 Å². The van der Waals surface area contributed by atoms with Gasteiger partial charge in [-0.2, -0.15) is 0 Å². The maximum atomic E-state index is 2.33. The molecule has 0 aromatic carbocycles. The highest BCUT2D eigenvalue weighted by molar-refractivity contribution is 4.69. The third-order valence-electron chi connectivity index (χ3n) is 2.38. The van der Waals surface area contributed by atoms with Gasteiger partial charge in [-0.25, -0.2) is 0 Å². The average Bonchev–Trinajstić information content (AvgIpc) is 1.88. The van der Waals surface area contributed by atoms with Gasteiger partial charge >= 0.3 is 0 Å². The zero-order valence-electron chi connectivity index (χ0n) is 8.02. The van der Waals surface area contributed by atoms with Crippen LogP contribution in [0.2, 0.25) is 0 Å². The predicted molar refractivity (Wildman–Crippen MR) is 47.2 cm³/mol. The van der Waals surface area contributed by atoms with Crippen molar-refractivity contribution in [3.8, 4) is 0 Å². The van der Waals surface area contributed by atoms with Gasteiger partial charge < -0.3 is 4.90 Å². The first kappa shape index (κ1) is 9.96. The van der Waals surface area contributed by atoms with Crippen molar-refractivity contribution in [2.24, 2.45) is 5.92 Å². The fourth-order valence-electron chi connectivity index (χ4n) is 1.55. The number of rotatable bonds is 4. The average molecular weight is 143 g/mol. The molecule has 0 bridgehead atoms. The Morgan fingerprint density at radius 3 is 1.70 bits per heavy atom. The van der Waals surface area contributed by atoms with Crippen LogP contribution in [0, 0.1) is 5.92 Å². The lowest BCUT2D eigenvalue weighted by Crippen LogP contribution is -2.32. The van der Waals surface area contributed by atoms with E-state index in [4.69, 9.17) is 0 Å². The van der Waals surface area contributed by atoms with Gasteiger partial charge in [0, 0.05) is 6.04 Å². The van der Waals surface area contributed by atoms with Crippen molar-refractivity contribution in [3.63, 3.8) is 0 Å². The van der Waals surface area contributed by atoms with Crippen LogP contribution in [-0.4, -0.2) is 25.0 Å². The minimum absolute atomic E-state index is 0.769. The Bertz CT molecular complexity index is 78.8. The fourth-order valence-corrected chi connectivity index (χ4v) is 1.55. The lowest BCUT2D eigenvalue weighted by molar-refractivity contribution is 0.210. The summed E-state index contributed by atoms with van der Waals surface area (Å²) in [6.07, 6.45) is 2.55. The first-order chi connectivity index (χ1) is 4.63. The minimum atomic E-state index is 0.769. The van der Waals surface area contributed by atoms with E-state index in [1.54, 1.807) is 0 Å². The molecule has 10 heavy (non-hydrogen) atoms. The Balaban J connectivity index is 3.80. The van der Waals surface area contributed by atoms with E-state index in [1.165, 1.54) is 12.8 Å². The summed E-state index contributed by atoms with van der Waals surface area (Å²) in [5, 5.41) is 0. The van der Waals surface area contributed by atoms with Gasteiger partial charge in [0.1, 0.15) is 0 Å². The largest absolute Gasteiger partial charge is 0.306 e. The smallest absolute Gasteiger partial charge is 0.0112 e. The summed E-state index contributed by atoms with van der Waals surface area (Å²) in [6.45, 7) is 6.85. The van der Waals surface area contributed by atoms with Crippen LogP contribution in [0.3, 0.4) is 0 Å². The van der Waals surface area contributed by atoms with Crippen LogP contribution in [0.15, 0.2) is 0 Å². The summed E-state index contributed by atoms with van der Waals surface area (Å²) < 4.78 is 0. The van der Waals surface area contributed by atoms with E-state index < -0.39 is 0 Å². The van der Waals surface area contributed by atoms with Crippen molar-refractivity contribution in [3.05, 3.63) is 0 Å². The van der Waals surface area contributed by atoms with E-state index in [-0.39, 0.29) is 0 Å². The Morgan fingerprint density at radius 1 is 1.10 bits per heavy atom. The molecule has 0 spiro atoms. The minimum Gasteiger partial charge on any atom is -0.306 e. The summed E-state index contributed by atoms with van der Waals surface area (Å²) in [4.78, 5) is 2.33. The SMILES string of the molecule is CCC(C)[C@@H](CC)N(C)C. The molecule has 0 aliphatic rings. The number of hydrogen-bond donors (Lipinski definition) is 0. The molecule has 0 rings (SSSR count). The summed E-state index contributed by atoms with van der Waals surface area (Å²) in [5.74, 6) is 0.833. The molecule has 1 unspecified atom stereocenters. The van der Waals surface area contributed by atoms with Crippen molar-refractivity contribution in [2.75, 3.05) is 14.1 Å². The Hall–Kier alpha value is -0.0400. The predicted octanol–water partition coefficient (Wildman–Crippen LogP) is 2.37. The second kappa shape index (κ2) is 4.73. The standard InChI is InChI=1S/C9H21N/c1-6-8(3)9(7-2)10(4)5/h8-9H,6-7H2,1-5H3/t8?,9-/m1/s1. The number of nitrogens with zero attached hydrogens (tertiary/aromatic N) is 1. The molecule has 1 nitrogen and oxygen atoms in total. The topological polar surface area (TPSA) is 3.24 Å². The normalized spacial score (nSPS) is 17.4. The highest BCUT2D eigenvalue weighted by Crippen LogP contribution is 2.14. The van der Waals surface area contributed by atoms with E-state index in [2.05, 4.69) is 39.8 Å². The third kappa shape index (κ3) is 2.70. The zero-order chi connectivity index (χ0) is 8.15. The van der Waals surface area contributed by atoms with Crippen molar-refractivity contribution in [2.45, 2.75) is 39.7 Å². The Morgan fingerprint density at radius 2 is 1.60 bits per heavy atom. The van der Waals surface area contributed by atoms with Crippen molar-refractivity contribution >= 4 is 0 Å². The molecule has 0 N–H and O–H groups in total. The van der Waals surface area contributed by atoms with E-state index in [9.17, 15) is 0 Å². The van der Waals surface area contributed by atoms with Gasteiger partial charge in [-0.15, -0.1) is 0 Å². The molecule has 0 aliphatic heterocycles. The molecule has 0 radical (unpaired) electrons. The highest BCUT2D eigenvalue weighted by atomic mass is 15.1. The van der Waals surface area contributed by atoms with Crippen molar-refractivity contribution in [1.29, 1.82) is 0 Å². The first-order valence-electron chi connectivity index (χ1n) is 4.29. The third-order valence-corrected chi connectivity index (χ3v) is 2.38. The van der Waals surface area contributed by atoms with E-state index in [0.29, 0.717) is 0 Å². The quantitative estimate of drug-likeness (QED) is 0.584. The van der Waals surface area contributed by atoms with Gasteiger partial charge in [0.15, 0.2) is 0 Å². The lowest BCUT2D eigenvalue weighted by Gasteiger charge is -2.28. The van der Waals surface area contributed by atoms with Crippen molar-refractivity contribution in [1.82, 2.24) is 4.90 Å². The molecule has 0 saturated heterocycles. The van der Waals surface area contributed by atoms with E-state index in [0.717, 1.165) is 12.0 Å². The molecule has 0 fully saturated rings. The second-order valence-corrected chi connectivity index (χ2v) is 3.32. The molecule has 0 aromatic rings. The fraction of sp³-hybridized carbons (Fsp3) is 1.00. The Labute approximate surface area is 65.4 Å². The van der Waals surface area contributed by atoms with Gasteiger partial charge in [0.2, 0.25) is 0 Å². The maximum Gasteiger partial charge on any atom is 0.0112 e. The molecule has 0 saturated carbocycles. The molecular formula is C9H21N. The lowest BCUT2D eigenvalue weighted by atomic mass is 9.96. The monoisotopic (exact) mass is 143 g/mol. The van der Waals surface area contributed by atoms with Gasteiger partial charge in [-0.05, 0) is 26.4 Å². The molecule has 0 amide bonds. The van der Waals surface area contributed by atoms with Crippen LogP contribution < -0.4 is 0 Å². The summed E-state index contributed by atoms with van der Waals surface area (Å²) in [6, 6.07) is 0.769. The van der Waals surface area contributed by atoms with Gasteiger partial charge in [0.05, 0.1) is 0 Å². The molecule has 0 aliphatic carbocycles.